The van der Waals surface area contributed by atoms with Crippen molar-refractivity contribution in [1.29, 1.82) is 0 Å². The van der Waals surface area contributed by atoms with Crippen LogP contribution in [0.15, 0.2) is 36.4 Å². The molecule has 3 nitrogen and oxygen atoms in total. The summed E-state index contributed by atoms with van der Waals surface area (Å²) in [7, 11) is 3.37. The quantitative estimate of drug-likeness (QED) is 0.921. The largest absolute Gasteiger partial charge is 0.497 e. The highest BCUT2D eigenvalue weighted by Gasteiger charge is 2.24. The topological polar surface area (TPSA) is 30.5 Å². The van der Waals surface area contributed by atoms with Gasteiger partial charge in [-0.25, -0.2) is 0 Å². The van der Waals surface area contributed by atoms with Crippen LogP contribution in [0.2, 0.25) is 0 Å². The van der Waals surface area contributed by atoms with Crippen LogP contribution >= 0.6 is 0 Å². The van der Waals surface area contributed by atoms with E-state index >= 15 is 0 Å². The van der Waals surface area contributed by atoms with Gasteiger partial charge in [0, 0.05) is 17.3 Å². The van der Waals surface area contributed by atoms with Gasteiger partial charge in [-0.05, 0) is 37.1 Å². The second-order valence-corrected chi connectivity index (χ2v) is 5.17. The molecule has 20 heavy (non-hydrogen) atoms. The normalized spacial score (nSPS) is 16.4. The Morgan fingerprint density at radius 1 is 1.05 bits per heavy atom. The maximum Gasteiger partial charge on any atom is 0.127 e. The third-order valence-corrected chi connectivity index (χ3v) is 3.83. The molecule has 0 radical (unpaired) electrons. The van der Waals surface area contributed by atoms with Gasteiger partial charge in [-0.3, -0.25) is 0 Å². The molecule has 0 amide bonds. The second kappa shape index (κ2) is 5.08. The van der Waals surface area contributed by atoms with Crippen LogP contribution in [-0.2, 0) is 6.42 Å². The van der Waals surface area contributed by atoms with Crippen LogP contribution in [0.5, 0.6) is 11.5 Å². The van der Waals surface area contributed by atoms with Crippen LogP contribution in [0.4, 0.5) is 5.69 Å². The minimum atomic E-state index is 0.257. The van der Waals surface area contributed by atoms with Gasteiger partial charge >= 0.3 is 0 Å². The number of ether oxygens (including phenoxy) is 2. The second-order valence-electron chi connectivity index (χ2n) is 5.17. The summed E-state index contributed by atoms with van der Waals surface area (Å²) < 4.78 is 10.8. The van der Waals surface area contributed by atoms with Crippen LogP contribution < -0.4 is 14.8 Å². The first kappa shape index (κ1) is 12.9. The summed E-state index contributed by atoms with van der Waals surface area (Å²) >= 11 is 0. The molecule has 104 valence electrons. The van der Waals surface area contributed by atoms with E-state index in [0.717, 1.165) is 17.9 Å². The zero-order chi connectivity index (χ0) is 14.1. The predicted molar refractivity (Wildman–Crippen MR) is 80.8 cm³/mol. The number of hydrogen-bond acceptors (Lipinski definition) is 3. The van der Waals surface area contributed by atoms with Gasteiger partial charge in [0.2, 0.25) is 0 Å². The number of methoxy groups -OCH3 is 2. The summed E-state index contributed by atoms with van der Waals surface area (Å²) in [5.41, 5.74) is 5.06. The van der Waals surface area contributed by atoms with E-state index in [2.05, 4.69) is 36.5 Å². The SMILES string of the molecule is COc1ccc(C2Cc3cc(C)ccc3N2)c(OC)c1. The number of benzene rings is 2. The number of rotatable bonds is 3. The van der Waals surface area contributed by atoms with Gasteiger partial charge in [-0.2, -0.15) is 0 Å². The van der Waals surface area contributed by atoms with E-state index in [4.69, 9.17) is 9.47 Å². The molecular weight excluding hydrogens is 250 g/mol. The van der Waals surface area contributed by atoms with Crippen LogP contribution in [0.1, 0.15) is 22.7 Å². The minimum absolute atomic E-state index is 0.257. The Morgan fingerprint density at radius 3 is 2.65 bits per heavy atom. The number of anilines is 1. The number of aryl methyl sites for hydroxylation is 1. The van der Waals surface area contributed by atoms with Crippen molar-refractivity contribution in [2.45, 2.75) is 19.4 Å². The number of hydrogen-bond donors (Lipinski definition) is 1. The van der Waals surface area contributed by atoms with Gasteiger partial charge in [-0.1, -0.05) is 17.7 Å². The summed E-state index contributed by atoms with van der Waals surface area (Å²) in [6.07, 6.45) is 0.986. The molecule has 0 saturated carbocycles. The van der Waals surface area contributed by atoms with Crippen molar-refractivity contribution in [3.8, 4) is 11.5 Å². The Labute approximate surface area is 119 Å². The average molecular weight is 269 g/mol. The molecule has 0 saturated heterocycles. The molecular formula is C17H19NO2. The Balaban J connectivity index is 1.92. The molecule has 1 unspecified atom stereocenters. The van der Waals surface area contributed by atoms with Gasteiger partial charge in [0.25, 0.3) is 0 Å². The van der Waals surface area contributed by atoms with E-state index in [1.165, 1.54) is 22.4 Å². The summed E-state index contributed by atoms with van der Waals surface area (Å²) in [6.45, 7) is 2.13. The van der Waals surface area contributed by atoms with Gasteiger partial charge in [0.15, 0.2) is 0 Å². The van der Waals surface area contributed by atoms with Crippen molar-refractivity contribution >= 4 is 5.69 Å². The van der Waals surface area contributed by atoms with Gasteiger partial charge in [-0.15, -0.1) is 0 Å². The maximum absolute atomic E-state index is 5.50. The maximum atomic E-state index is 5.50. The summed E-state index contributed by atoms with van der Waals surface area (Å²) in [5.74, 6) is 1.68. The fourth-order valence-corrected chi connectivity index (χ4v) is 2.78. The monoisotopic (exact) mass is 269 g/mol. The molecule has 1 heterocycles. The third kappa shape index (κ3) is 2.20. The van der Waals surface area contributed by atoms with Crippen molar-refractivity contribution in [3.05, 3.63) is 53.1 Å². The average Bonchev–Trinajstić information content (AvgIpc) is 2.89. The van der Waals surface area contributed by atoms with Crippen LogP contribution in [0.25, 0.3) is 0 Å². The van der Waals surface area contributed by atoms with E-state index in [1.807, 2.05) is 12.1 Å². The zero-order valence-corrected chi connectivity index (χ0v) is 12.1. The zero-order valence-electron chi connectivity index (χ0n) is 12.1. The summed E-state index contributed by atoms with van der Waals surface area (Å²) in [6, 6.07) is 12.8. The molecule has 3 heteroatoms. The van der Waals surface area contributed by atoms with Crippen LogP contribution in [0, 0.1) is 6.92 Å². The lowest BCUT2D eigenvalue weighted by Crippen LogP contribution is -2.07. The first-order chi connectivity index (χ1) is 9.71. The lowest BCUT2D eigenvalue weighted by atomic mass is 10.0. The summed E-state index contributed by atoms with van der Waals surface area (Å²) in [4.78, 5) is 0. The first-order valence-electron chi connectivity index (χ1n) is 6.79. The van der Waals surface area contributed by atoms with Gasteiger partial charge in [0.1, 0.15) is 11.5 Å². The molecule has 0 fully saturated rings. The molecule has 0 aromatic heterocycles. The van der Waals surface area contributed by atoms with Crippen molar-refractivity contribution in [2.75, 3.05) is 19.5 Å². The van der Waals surface area contributed by atoms with Crippen molar-refractivity contribution in [1.82, 2.24) is 0 Å². The highest BCUT2D eigenvalue weighted by molar-refractivity contribution is 5.60. The number of nitrogens with one attached hydrogen (secondary N) is 1. The minimum Gasteiger partial charge on any atom is -0.497 e. The van der Waals surface area contributed by atoms with Crippen LogP contribution in [0.3, 0.4) is 0 Å². The molecule has 3 rings (SSSR count). The van der Waals surface area contributed by atoms with E-state index in [1.54, 1.807) is 14.2 Å². The molecule has 2 aromatic carbocycles. The predicted octanol–water partition coefficient (Wildman–Crippen LogP) is 3.72. The van der Waals surface area contributed by atoms with E-state index < -0.39 is 0 Å². The van der Waals surface area contributed by atoms with Crippen molar-refractivity contribution in [3.63, 3.8) is 0 Å². The molecule has 1 aliphatic rings. The van der Waals surface area contributed by atoms with Gasteiger partial charge in [0.05, 0.1) is 20.3 Å². The third-order valence-electron chi connectivity index (χ3n) is 3.83. The molecule has 2 aromatic rings. The molecule has 0 bridgehead atoms. The smallest absolute Gasteiger partial charge is 0.127 e. The highest BCUT2D eigenvalue weighted by atomic mass is 16.5. The lowest BCUT2D eigenvalue weighted by Gasteiger charge is -2.16. The fraction of sp³-hybridized carbons (Fsp3) is 0.294. The van der Waals surface area contributed by atoms with E-state index in [9.17, 15) is 0 Å². The Hall–Kier alpha value is -2.16. The highest BCUT2D eigenvalue weighted by Crippen LogP contribution is 2.39. The Bertz CT molecular complexity index is 637. The van der Waals surface area contributed by atoms with E-state index in [-0.39, 0.29) is 6.04 Å². The number of fused-ring (bicyclic) bond motifs is 1. The molecule has 1 N–H and O–H groups in total. The molecule has 0 spiro atoms. The first-order valence-corrected chi connectivity index (χ1v) is 6.79. The fourth-order valence-electron chi connectivity index (χ4n) is 2.78. The lowest BCUT2D eigenvalue weighted by molar-refractivity contribution is 0.389. The van der Waals surface area contributed by atoms with Crippen molar-refractivity contribution in [2.24, 2.45) is 0 Å². The Morgan fingerprint density at radius 2 is 1.90 bits per heavy atom. The standard InChI is InChI=1S/C17H19NO2/c1-11-4-7-15-12(8-11)9-16(18-15)14-6-5-13(19-2)10-17(14)20-3/h4-8,10,16,18H,9H2,1-3H3. The van der Waals surface area contributed by atoms with Crippen LogP contribution in [-0.4, -0.2) is 14.2 Å². The molecule has 1 atom stereocenters. The Kier molecular flexibility index (Phi) is 3.26. The summed E-state index contributed by atoms with van der Waals surface area (Å²) in [5, 5.41) is 3.57. The van der Waals surface area contributed by atoms with E-state index in [0.29, 0.717) is 0 Å². The molecule has 1 aliphatic heterocycles. The van der Waals surface area contributed by atoms with Gasteiger partial charge < -0.3 is 14.8 Å². The molecule has 0 aliphatic carbocycles. The van der Waals surface area contributed by atoms with Crippen molar-refractivity contribution < 1.29 is 9.47 Å².